The van der Waals surface area contributed by atoms with Crippen molar-refractivity contribution in [3.8, 4) is 0 Å². The average Bonchev–Trinajstić information content (AvgIpc) is 2.44. The van der Waals surface area contributed by atoms with Crippen molar-refractivity contribution in [2.75, 3.05) is 0 Å². The number of aryl methyl sites for hydroxylation is 2. The number of hydrogen-bond donors (Lipinski definition) is 1. The number of benzene rings is 2. The van der Waals surface area contributed by atoms with Gasteiger partial charge in [-0.2, -0.15) is 5.10 Å². The summed E-state index contributed by atoms with van der Waals surface area (Å²) in [6.45, 7) is 5.94. The fraction of sp³-hybridized carbons (Fsp3) is 0.176. The highest BCUT2D eigenvalue weighted by Crippen LogP contribution is 2.12. The van der Waals surface area contributed by atoms with E-state index < -0.39 is 0 Å². The molecule has 0 heterocycles. The summed E-state index contributed by atoms with van der Waals surface area (Å²) in [4.78, 5) is 12.0. The van der Waals surface area contributed by atoms with Gasteiger partial charge in [-0.25, -0.2) is 5.43 Å². The van der Waals surface area contributed by atoms with E-state index in [1.807, 2.05) is 32.9 Å². The molecule has 0 spiro atoms. The summed E-state index contributed by atoms with van der Waals surface area (Å²) in [7, 11) is 0. The van der Waals surface area contributed by atoms with Crippen LogP contribution in [-0.4, -0.2) is 11.6 Å². The lowest BCUT2D eigenvalue weighted by atomic mass is 10.0. The maximum Gasteiger partial charge on any atom is 0.271 e. The van der Waals surface area contributed by atoms with E-state index in [9.17, 15) is 4.79 Å². The van der Waals surface area contributed by atoms with Crippen LogP contribution in [0.3, 0.4) is 0 Å². The van der Waals surface area contributed by atoms with Crippen LogP contribution in [0.25, 0.3) is 0 Å². The van der Waals surface area contributed by atoms with Crippen LogP contribution in [0.15, 0.2) is 47.6 Å². The van der Waals surface area contributed by atoms with Crippen molar-refractivity contribution in [3.63, 3.8) is 0 Å². The standard InChI is InChI=1S/C17H17ClN2O/c1-11-7-8-16(12(2)9-11)13(3)19-20-17(21)14-5-4-6-15(18)10-14/h4-10H,1-3H3,(H,20,21). The van der Waals surface area contributed by atoms with Gasteiger partial charge in [0.05, 0.1) is 5.71 Å². The molecule has 0 aliphatic rings. The SMILES string of the molecule is CC(=NNC(=O)c1cccc(Cl)c1)c1ccc(C)cc1C. The molecular formula is C17H17ClN2O. The number of halogens is 1. The third-order valence-electron chi connectivity index (χ3n) is 3.18. The van der Waals surface area contributed by atoms with E-state index in [1.165, 1.54) is 5.56 Å². The Hall–Kier alpha value is -2.13. The van der Waals surface area contributed by atoms with Gasteiger partial charge in [0, 0.05) is 16.1 Å². The monoisotopic (exact) mass is 300 g/mol. The van der Waals surface area contributed by atoms with E-state index in [0.29, 0.717) is 10.6 Å². The average molecular weight is 301 g/mol. The Bertz CT molecular complexity index is 708. The van der Waals surface area contributed by atoms with E-state index in [4.69, 9.17) is 11.6 Å². The molecule has 0 aliphatic carbocycles. The van der Waals surface area contributed by atoms with Crippen molar-refractivity contribution in [1.29, 1.82) is 0 Å². The largest absolute Gasteiger partial charge is 0.271 e. The van der Waals surface area contributed by atoms with Crippen LogP contribution in [0, 0.1) is 13.8 Å². The van der Waals surface area contributed by atoms with Gasteiger partial charge in [0.2, 0.25) is 0 Å². The molecule has 0 unspecified atom stereocenters. The molecule has 2 aromatic carbocycles. The third-order valence-corrected chi connectivity index (χ3v) is 3.42. The molecule has 0 aliphatic heterocycles. The van der Waals surface area contributed by atoms with Gasteiger partial charge in [0.25, 0.3) is 5.91 Å². The van der Waals surface area contributed by atoms with Crippen LogP contribution in [0.4, 0.5) is 0 Å². The molecule has 1 N–H and O–H groups in total. The van der Waals surface area contributed by atoms with Crippen LogP contribution in [-0.2, 0) is 0 Å². The molecule has 0 saturated heterocycles. The zero-order chi connectivity index (χ0) is 15.4. The zero-order valence-corrected chi connectivity index (χ0v) is 13.0. The normalized spacial score (nSPS) is 11.3. The lowest BCUT2D eigenvalue weighted by Gasteiger charge is -2.07. The Balaban J connectivity index is 2.15. The Kier molecular flexibility index (Phi) is 4.76. The highest BCUT2D eigenvalue weighted by molar-refractivity contribution is 6.30. The molecule has 3 nitrogen and oxygen atoms in total. The number of nitrogens with one attached hydrogen (secondary N) is 1. The fourth-order valence-electron chi connectivity index (χ4n) is 2.11. The zero-order valence-electron chi connectivity index (χ0n) is 12.3. The summed E-state index contributed by atoms with van der Waals surface area (Å²) < 4.78 is 0. The minimum absolute atomic E-state index is 0.276. The van der Waals surface area contributed by atoms with E-state index in [0.717, 1.165) is 16.8 Å². The van der Waals surface area contributed by atoms with E-state index in [2.05, 4.69) is 16.6 Å². The van der Waals surface area contributed by atoms with Crippen LogP contribution < -0.4 is 5.43 Å². The minimum Gasteiger partial charge on any atom is -0.267 e. The van der Waals surface area contributed by atoms with Gasteiger partial charge < -0.3 is 0 Å². The molecule has 108 valence electrons. The molecule has 0 aromatic heterocycles. The molecule has 0 radical (unpaired) electrons. The summed E-state index contributed by atoms with van der Waals surface area (Å²) in [6.07, 6.45) is 0. The van der Waals surface area contributed by atoms with Gasteiger partial charge in [-0.1, -0.05) is 41.4 Å². The Morgan fingerprint density at radius 1 is 1.14 bits per heavy atom. The summed E-state index contributed by atoms with van der Waals surface area (Å²) >= 11 is 5.87. The molecule has 2 aromatic rings. The first-order chi connectivity index (χ1) is 9.97. The second-order valence-corrected chi connectivity index (χ2v) is 5.40. The smallest absolute Gasteiger partial charge is 0.267 e. The quantitative estimate of drug-likeness (QED) is 0.672. The van der Waals surface area contributed by atoms with E-state index in [-0.39, 0.29) is 5.91 Å². The van der Waals surface area contributed by atoms with Crippen LogP contribution in [0.5, 0.6) is 0 Å². The highest BCUT2D eigenvalue weighted by atomic mass is 35.5. The number of nitrogens with zero attached hydrogens (tertiary/aromatic N) is 1. The molecule has 2 rings (SSSR count). The van der Waals surface area contributed by atoms with Gasteiger partial charge in [-0.05, 0) is 44.5 Å². The molecule has 4 heteroatoms. The van der Waals surface area contributed by atoms with Crippen LogP contribution in [0.1, 0.15) is 34.0 Å². The molecular weight excluding hydrogens is 284 g/mol. The molecule has 0 saturated carbocycles. The van der Waals surface area contributed by atoms with Crippen molar-refractivity contribution in [2.45, 2.75) is 20.8 Å². The van der Waals surface area contributed by atoms with Crippen molar-refractivity contribution in [3.05, 3.63) is 69.7 Å². The van der Waals surface area contributed by atoms with Crippen molar-refractivity contribution >= 4 is 23.2 Å². The topological polar surface area (TPSA) is 41.5 Å². The first-order valence-corrected chi connectivity index (χ1v) is 7.03. The number of hydrazone groups is 1. The third kappa shape index (κ3) is 3.92. The first kappa shape index (κ1) is 15.3. The molecule has 0 bridgehead atoms. The van der Waals surface area contributed by atoms with Crippen molar-refractivity contribution in [2.24, 2.45) is 5.10 Å². The predicted octanol–water partition coefficient (Wildman–Crippen LogP) is 4.11. The van der Waals surface area contributed by atoms with Gasteiger partial charge in [0.1, 0.15) is 0 Å². The number of carbonyl (C=O) groups excluding carboxylic acids is 1. The van der Waals surface area contributed by atoms with Gasteiger partial charge >= 0.3 is 0 Å². The summed E-state index contributed by atoms with van der Waals surface area (Å²) in [6, 6.07) is 12.9. The number of hydrogen-bond acceptors (Lipinski definition) is 2. The molecule has 0 atom stereocenters. The van der Waals surface area contributed by atoms with Gasteiger partial charge in [-0.15, -0.1) is 0 Å². The number of carbonyl (C=O) groups is 1. The van der Waals surface area contributed by atoms with Crippen LogP contribution >= 0.6 is 11.6 Å². The number of amides is 1. The van der Waals surface area contributed by atoms with E-state index >= 15 is 0 Å². The lowest BCUT2D eigenvalue weighted by Crippen LogP contribution is -2.19. The maximum atomic E-state index is 12.0. The minimum atomic E-state index is -0.276. The summed E-state index contributed by atoms with van der Waals surface area (Å²) in [5.74, 6) is -0.276. The molecule has 21 heavy (non-hydrogen) atoms. The Morgan fingerprint density at radius 3 is 2.57 bits per heavy atom. The summed E-state index contributed by atoms with van der Waals surface area (Å²) in [5, 5.41) is 4.69. The predicted molar refractivity (Wildman–Crippen MR) is 87.0 cm³/mol. The van der Waals surface area contributed by atoms with Crippen LogP contribution in [0.2, 0.25) is 5.02 Å². The first-order valence-electron chi connectivity index (χ1n) is 6.65. The lowest BCUT2D eigenvalue weighted by molar-refractivity contribution is 0.0955. The van der Waals surface area contributed by atoms with Gasteiger partial charge in [0.15, 0.2) is 0 Å². The van der Waals surface area contributed by atoms with Crippen molar-refractivity contribution in [1.82, 2.24) is 5.43 Å². The second-order valence-electron chi connectivity index (χ2n) is 4.97. The van der Waals surface area contributed by atoms with E-state index in [1.54, 1.807) is 24.3 Å². The molecule has 0 fully saturated rings. The Morgan fingerprint density at radius 2 is 1.90 bits per heavy atom. The number of rotatable bonds is 3. The summed E-state index contributed by atoms with van der Waals surface area (Å²) in [5.41, 5.74) is 7.16. The Labute approximate surface area is 129 Å². The maximum absolute atomic E-state index is 12.0. The van der Waals surface area contributed by atoms with Gasteiger partial charge in [-0.3, -0.25) is 4.79 Å². The fourth-order valence-corrected chi connectivity index (χ4v) is 2.30. The molecule has 1 amide bonds. The highest BCUT2D eigenvalue weighted by Gasteiger charge is 2.06. The second kappa shape index (κ2) is 6.55. The van der Waals surface area contributed by atoms with Crippen molar-refractivity contribution < 1.29 is 4.79 Å².